The molecule has 2 aromatic heterocycles. The van der Waals surface area contributed by atoms with Crippen LogP contribution in [0.15, 0.2) is 46.2 Å². The summed E-state index contributed by atoms with van der Waals surface area (Å²) in [5, 5.41) is 18.2. The number of hydrogen-bond donors (Lipinski definition) is 2. The molecule has 0 unspecified atom stereocenters. The Kier molecular flexibility index (Phi) is 6.36. The maximum Gasteiger partial charge on any atom is 0.261 e. The van der Waals surface area contributed by atoms with E-state index in [9.17, 15) is 18.5 Å². The minimum Gasteiger partial charge on any atom is -0.338 e. The Labute approximate surface area is 210 Å². The summed E-state index contributed by atoms with van der Waals surface area (Å²) in [6.07, 6.45) is 6.11. The lowest BCUT2D eigenvalue weighted by Gasteiger charge is -2.41. The number of nitriles is 1. The molecular formula is C25H31N7O3S. The molecule has 0 spiro atoms. The van der Waals surface area contributed by atoms with Crippen LogP contribution in [0.4, 0.5) is 11.5 Å². The lowest BCUT2D eigenvalue weighted by Crippen LogP contribution is -2.47. The van der Waals surface area contributed by atoms with E-state index >= 15 is 0 Å². The molecule has 190 valence electrons. The van der Waals surface area contributed by atoms with Crippen molar-refractivity contribution in [2.24, 2.45) is 5.92 Å². The topological polar surface area (TPSA) is 127 Å². The average Bonchev–Trinajstić information content (AvgIpc) is 3.60. The molecule has 1 saturated carbocycles. The number of hydrogen-bond acceptors (Lipinski definition) is 7. The van der Waals surface area contributed by atoms with Crippen LogP contribution in [-0.4, -0.2) is 66.1 Å². The lowest BCUT2D eigenvalue weighted by atomic mass is 9.84. The van der Waals surface area contributed by atoms with Crippen LogP contribution in [0.25, 0.3) is 10.9 Å². The van der Waals surface area contributed by atoms with Gasteiger partial charge in [0.2, 0.25) is 10.0 Å². The Morgan fingerprint density at radius 3 is 2.50 bits per heavy atom. The number of pyridine rings is 1. The van der Waals surface area contributed by atoms with Gasteiger partial charge in [0.25, 0.3) is 5.56 Å². The number of benzene rings is 1. The van der Waals surface area contributed by atoms with Gasteiger partial charge in [-0.1, -0.05) is 0 Å². The maximum atomic E-state index is 12.9. The van der Waals surface area contributed by atoms with Crippen LogP contribution >= 0.6 is 0 Å². The number of nitrogens with one attached hydrogen (secondary N) is 2. The van der Waals surface area contributed by atoms with E-state index in [4.69, 9.17) is 5.10 Å². The first kappa shape index (κ1) is 24.5. The van der Waals surface area contributed by atoms with Crippen molar-refractivity contribution in [3.63, 3.8) is 0 Å². The van der Waals surface area contributed by atoms with E-state index in [-0.39, 0.29) is 10.5 Å². The molecule has 1 saturated heterocycles. The van der Waals surface area contributed by atoms with Gasteiger partial charge in [0.05, 0.1) is 28.4 Å². The molecule has 1 aromatic carbocycles. The molecule has 2 N–H and O–H groups in total. The molecule has 3 heterocycles. The number of H-pyrrole nitrogens is 1. The molecule has 2 fully saturated rings. The van der Waals surface area contributed by atoms with Crippen LogP contribution in [-0.2, 0) is 15.6 Å². The van der Waals surface area contributed by atoms with Gasteiger partial charge in [-0.05, 0) is 61.9 Å². The van der Waals surface area contributed by atoms with Gasteiger partial charge < -0.3 is 15.2 Å². The molecule has 0 amide bonds. The van der Waals surface area contributed by atoms with Crippen molar-refractivity contribution in [3.8, 4) is 6.07 Å². The van der Waals surface area contributed by atoms with E-state index in [2.05, 4.69) is 21.3 Å². The van der Waals surface area contributed by atoms with Gasteiger partial charge in [0, 0.05) is 45.6 Å². The third-order valence-corrected chi connectivity index (χ3v) is 9.19. The Morgan fingerprint density at radius 2 is 1.89 bits per heavy atom. The number of anilines is 2. The molecule has 5 rings (SSSR count). The van der Waals surface area contributed by atoms with E-state index in [0.29, 0.717) is 28.8 Å². The Balaban J connectivity index is 1.49. The summed E-state index contributed by atoms with van der Waals surface area (Å²) in [6, 6.07) is 10.5. The second-order valence-corrected chi connectivity index (χ2v) is 12.2. The summed E-state index contributed by atoms with van der Waals surface area (Å²) >= 11 is 0. The van der Waals surface area contributed by atoms with Gasteiger partial charge in [-0.2, -0.15) is 10.4 Å². The Bertz CT molecular complexity index is 1460. The Morgan fingerprint density at radius 1 is 1.19 bits per heavy atom. The van der Waals surface area contributed by atoms with Crippen molar-refractivity contribution in [3.05, 3.63) is 46.9 Å². The molecule has 3 aromatic rings. The first-order valence-electron chi connectivity index (χ1n) is 12.2. The summed E-state index contributed by atoms with van der Waals surface area (Å²) in [7, 11) is -0.573. The quantitative estimate of drug-likeness (QED) is 0.478. The number of nitrogens with zero attached hydrogens (tertiary/aromatic N) is 5. The third kappa shape index (κ3) is 4.52. The summed E-state index contributed by atoms with van der Waals surface area (Å²) < 4.78 is 27.8. The number of rotatable bonds is 8. The fourth-order valence-corrected chi connectivity index (χ4v) is 5.91. The SMILES string of the molecule is CN(C)S(=O)(=O)c1ccc(Nc2nn(C3(CC#N)CCN(CC4CC4)CC3)c3cc[nH]c(=O)c23)cc1. The highest BCUT2D eigenvalue weighted by Gasteiger charge is 2.40. The fourth-order valence-electron chi connectivity index (χ4n) is 5.01. The lowest BCUT2D eigenvalue weighted by molar-refractivity contribution is 0.103. The highest BCUT2D eigenvalue weighted by molar-refractivity contribution is 7.89. The smallest absolute Gasteiger partial charge is 0.261 e. The molecule has 1 aliphatic carbocycles. The molecule has 0 atom stereocenters. The minimum atomic E-state index is -3.54. The number of piperidine rings is 1. The number of likely N-dealkylation sites (tertiary alicyclic amines) is 1. The van der Waals surface area contributed by atoms with Gasteiger partial charge in [-0.15, -0.1) is 0 Å². The standard InChI is InChI=1S/C25H31N7O3S/c1-30(2)36(34,35)20-7-5-19(6-8-20)28-23-22-21(9-14-27-24(22)33)32(29-23)25(10-13-26)11-15-31(16-12-25)17-18-3-4-18/h5-9,14,18H,3-4,10-12,15-17H2,1-2H3,(H,27,33)(H,28,29). The Hall–Kier alpha value is -3.20. The second kappa shape index (κ2) is 9.35. The van der Waals surface area contributed by atoms with Crippen molar-refractivity contribution in [2.45, 2.75) is 42.5 Å². The van der Waals surface area contributed by atoms with E-state index in [0.717, 1.165) is 42.7 Å². The zero-order valence-corrected chi connectivity index (χ0v) is 21.4. The van der Waals surface area contributed by atoms with E-state index in [1.165, 1.54) is 39.1 Å². The van der Waals surface area contributed by atoms with Crippen molar-refractivity contribution in [1.82, 2.24) is 24.0 Å². The molecule has 0 radical (unpaired) electrons. The van der Waals surface area contributed by atoms with E-state index in [1.54, 1.807) is 18.3 Å². The van der Waals surface area contributed by atoms with Crippen LogP contribution in [0.2, 0.25) is 0 Å². The summed E-state index contributed by atoms with van der Waals surface area (Å²) in [5.41, 5.74) is 0.520. The maximum absolute atomic E-state index is 12.9. The van der Waals surface area contributed by atoms with Crippen LogP contribution in [0.1, 0.15) is 32.1 Å². The summed E-state index contributed by atoms with van der Waals surface area (Å²) in [6.45, 7) is 2.91. The third-order valence-electron chi connectivity index (χ3n) is 7.36. The first-order chi connectivity index (χ1) is 17.2. The molecule has 2 aliphatic rings. The van der Waals surface area contributed by atoms with Crippen LogP contribution < -0.4 is 10.9 Å². The second-order valence-electron chi connectivity index (χ2n) is 10.1. The van der Waals surface area contributed by atoms with Gasteiger partial charge in [-0.25, -0.2) is 12.7 Å². The molecule has 11 heteroatoms. The van der Waals surface area contributed by atoms with Gasteiger partial charge in [0.1, 0.15) is 5.39 Å². The molecular weight excluding hydrogens is 478 g/mol. The van der Waals surface area contributed by atoms with E-state index < -0.39 is 15.6 Å². The zero-order chi connectivity index (χ0) is 25.5. The first-order valence-corrected chi connectivity index (χ1v) is 13.7. The molecule has 36 heavy (non-hydrogen) atoms. The minimum absolute atomic E-state index is 0.178. The predicted molar refractivity (Wildman–Crippen MR) is 138 cm³/mol. The van der Waals surface area contributed by atoms with Crippen molar-refractivity contribution in [2.75, 3.05) is 39.0 Å². The average molecular weight is 510 g/mol. The number of fused-ring (bicyclic) bond motifs is 1. The highest BCUT2D eigenvalue weighted by Crippen LogP contribution is 2.39. The summed E-state index contributed by atoms with van der Waals surface area (Å²) in [4.78, 5) is 18.3. The largest absolute Gasteiger partial charge is 0.338 e. The van der Waals surface area contributed by atoms with Gasteiger partial charge in [-0.3, -0.25) is 9.48 Å². The molecule has 10 nitrogen and oxygen atoms in total. The highest BCUT2D eigenvalue weighted by atomic mass is 32.2. The predicted octanol–water partition coefficient (Wildman–Crippen LogP) is 2.83. The van der Waals surface area contributed by atoms with Gasteiger partial charge in [0.15, 0.2) is 5.82 Å². The monoisotopic (exact) mass is 509 g/mol. The van der Waals surface area contributed by atoms with E-state index in [1.807, 2.05) is 10.7 Å². The van der Waals surface area contributed by atoms with Crippen molar-refractivity contribution < 1.29 is 8.42 Å². The van der Waals surface area contributed by atoms with Crippen LogP contribution in [0, 0.1) is 17.2 Å². The van der Waals surface area contributed by atoms with Crippen LogP contribution in [0.3, 0.4) is 0 Å². The normalized spacial score (nSPS) is 18.4. The van der Waals surface area contributed by atoms with Crippen molar-refractivity contribution >= 4 is 32.4 Å². The number of sulfonamides is 1. The van der Waals surface area contributed by atoms with Crippen molar-refractivity contribution in [1.29, 1.82) is 5.26 Å². The summed E-state index contributed by atoms with van der Waals surface area (Å²) in [5.74, 6) is 1.19. The number of aromatic amines is 1. The zero-order valence-electron chi connectivity index (χ0n) is 20.6. The van der Waals surface area contributed by atoms with Crippen LogP contribution in [0.5, 0.6) is 0 Å². The van der Waals surface area contributed by atoms with Gasteiger partial charge >= 0.3 is 0 Å². The fraction of sp³-hybridized carbons (Fsp3) is 0.480. The number of aromatic nitrogens is 3. The molecule has 1 aliphatic heterocycles. The molecule has 0 bridgehead atoms.